The molecule has 3 aromatic rings. The Labute approximate surface area is 129 Å². The quantitative estimate of drug-likeness (QED) is 0.745. The lowest BCUT2D eigenvalue weighted by Crippen LogP contribution is -2.25. The molecule has 0 bridgehead atoms. The molecule has 0 saturated heterocycles. The van der Waals surface area contributed by atoms with E-state index in [1.54, 1.807) is 10.9 Å². The number of hydrogen-bond acceptors (Lipinski definition) is 3. The van der Waals surface area contributed by atoms with Crippen molar-refractivity contribution in [3.8, 4) is 0 Å². The predicted molar refractivity (Wildman–Crippen MR) is 88.1 cm³/mol. The van der Waals surface area contributed by atoms with Crippen LogP contribution in [0.2, 0.25) is 0 Å². The fraction of sp³-hybridized carbons (Fsp3) is 0.278. The molecular formula is C18H19N3O. The number of benzene rings is 1. The lowest BCUT2D eigenvalue weighted by molar-refractivity contribution is 0.517. The molecule has 0 aliphatic rings. The Hall–Kier alpha value is -2.49. The number of nitrogens with zero attached hydrogens (tertiary/aromatic N) is 3. The third-order valence-corrected chi connectivity index (χ3v) is 3.86. The smallest absolute Gasteiger partial charge is 0.261 e. The molecule has 3 rings (SSSR count). The fourth-order valence-corrected chi connectivity index (χ4v) is 2.67. The molecule has 0 spiro atoms. The molecule has 1 atom stereocenters. The first-order chi connectivity index (χ1) is 10.5. The zero-order valence-electron chi connectivity index (χ0n) is 13.1. The highest BCUT2D eigenvalue weighted by Crippen LogP contribution is 2.14. The van der Waals surface area contributed by atoms with E-state index in [2.05, 4.69) is 9.97 Å². The van der Waals surface area contributed by atoms with E-state index in [-0.39, 0.29) is 11.6 Å². The van der Waals surface area contributed by atoms with Crippen LogP contribution in [-0.4, -0.2) is 14.5 Å². The van der Waals surface area contributed by atoms with Crippen molar-refractivity contribution >= 4 is 10.9 Å². The number of rotatable bonds is 3. The molecule has 112 valence electrons. The Morgan fingerprint density at radius 1 is 1.18 bits per heavy atom. The second-order valence-electron chi connectivity index (χ2n) is 5.80. The molecule has 2 aromatic heterocycles. The third kappa shape index (κ3) is 2.77. The number of aromatic nitrogens is 3. The Kier molecular flexibility index (Phi) is 3.75. The van der Waals surface area contributed by atoms with E-state index in [1.165, 1.54) is 0 Å². The summed E-state index contributed by atoms with van der Waals surface area (Å²) in [6, 6.07) is 11.7. The molecule has 0 saturated carbocycles. The summed E-state index contributed by atoms with van der Waals surface area (Å²) in [7, 11) is 0. The monoisotopic (exact) mass is 293 g/mol. The van der Waals surface area contributed by atoms with E-state index in [4.69, 9.17) is 0 Å². The van der Waals surface area contributed by atoms with Crippen LogP contribution in [0.15, 0.2) is 47.5 Å². The summed E-state index contributed by atoms with van der Waals surface area (Å²) in [5.41, 5.74) is 3.84. The molecule has 0 aliphatic heterocycles. The van der Waals surface area contributed by atoms with Crippen molar-refractivity contribution in [2.45, 2.75) is 33.2 Å². The van der Waals surface area contributed by atoms with Crippen LogP contribution in [0.1, 0.15) is 29.9 Å². The van der Waals surface area contributed by atoms with Crippen molar-refractivity contribution in [2.24, 2.45) is 0 Å². The maximum absolute atomic E-state index is 12.6. The van der Waals surface area contributed by atoms with Crippen molar-refractivity contribution in [3.05, 3.63) is 70.0 Å². The minimum Gasteiger partial charge on any atom is -0.295 e. The second-order valence-corrected chi connectivity index (χ2v) is 5.80. The van der Waals surface area contributed by atoms with Crippen molar-refractivity contribution in [3.63, 3.8) is 0 Å². The van der Waals surface area contributed by atoms with Gasteiger partial charge in [0, 0.05) is 23.9 Å². The number of pyridine rings is 1. The first-order valence-corrected chi connectivity index (χ1v) is 7.44. The van der Waals surface area contributed by atoms with Gasteiger partial charge >= 0.3 is 0 Å². The van der Waals surface area contributed by atoms with Crippen molar-refractivity contribution in [2.75, 3.05) is 0 Å². The van der Waals surface area contributed by atoms with Gasteiger partial charge in [0.05, 0.1) is 17.2 Å². The normalized spacial score (nSPS) is 12.5. The summed E-state index contributed by atoms with van der Waals surface area (Å²) in [4.78, 5) is 21.6. The fourth-order valence-electron chi connectivity index (χ4n) is 2.67. The lowest BCUT2D eigenvalue weighted by Gasteiger charge is -2.15. The third-order valence-electron chi connectivity index (χ3n) is 3.86. The van der Waals surface area contributed by atoms with Crippen molar-refractivity contribution in [1.29, 1.82) is 0 Å². The molecule has 0 N–H and O–H groups in total. The van der Waals surface area contributed by atoms with Crippen LogP contribution in [-0.2, 0) is 6.42 Å². The van der Waals surface area contributed by atoms with Gasteiger partial charge in [-0.1, -0.05) is 12.1 Å². The van der Waals surface area contributed by atoms with Gasteiger partial charge in [0.25, 0.3) is 5.56 Å². The van der Waals surface area contributed by atoms with Crippen LogP contribution < -0.4 is 5.56 Å². The van der Waals surface area contributed by atoms with Crippen LogP contribution in [0, 0.1) is 13.8 Å². The highest BCUT2D eigenvalue weighted by molar-refractivity contribution is 5.77. The van der Waals surface area contributed by atoms with E-state index < -0.39 is 0 Å². The van der Waals surface area contributed by atoms with Gasteiger partial charge in [-0.3, -0.25) is 14.3 Å². The largest absolute Gasteiger partial charge is 0.295 e. The van der Waals surface area contributed by atoms with Crippen LogP contribution >= 0.6 is 0 Å². The van der Waals surface area contributed by atoms with Crippen LogP contribution in [0.4, 0.5) is 0 Å². The Morgan fingerprint density at radius 3 is 2.77 bits per heavy atom. The zero-order chi connectivity index (χ0) is 15.7. The van der Waals surface area contributed by atoms with Gasteiger partial charge in [-0.25, -0.2) is 4.98 Å². The van der Waals surface area contributed by atoms with Crippen LogP contribution in [0.25, 0.3) is 10.9 Å². The average molecular weight is 293 g/mol. The molecule has 0 amide bonds. The summed E-state index contributed by atoms with van der Waals surface area (Å²) in [6.07, 6.45) is 2.35. The molecule has 1 aromatic carbocycles. The van der Waals surface area contributed by atoms with E-state index in [0.717, 1.165) is 22.5 Å². The zero-order valence-corrected chi connectivity index (χ0v) is 13.1. The van der Waals surface area contributed by atoms with Crippen molar-refractivity contribution in [1.82, 2.24) is 14.5 Å². The molecule has 0 aliphatic carbocycles. The molecular weight excluding hydrogens is 274 g/mol. The Bertz CT molecular complexity index is 883. The second kappa shape index (κ2) is 5.72. The topological polar surface area (TPSA) is 47.8 Å². The SMILES string of the molecule is Cc1ccc2c(=O)n(C(C)Cc3cccc(C)n3)cnc2c1. The van der Waals surface area contributed by atoms with E-state index >= 15 is 0 Å². The highest BCUT2D eigenvalue weighted by atomic mass is 16.1. The summed E-state index contributed by atoms with van der Waals surface area (Å²) >= 11 is 0. The standard InChI is InChI=1S/C18H19N3O/c1-12-7-8-16-17(9-12)19-11-21(18(16)22)14(3)10-15-6-4-5-13(2)20-15/h4-9,11,14H,10H2,1-3H3. The van der Waals surface area contributed by atoms with Gasteiger partial charge in [0.15, 0.2) is 0 Å². The first kappa shape index (κ1) is 14.4. The van der Waals surface area contributed by atoms with E-state index in [9.17, 15) is 4.79 Å². The minimum atomic E-state index is 0.00477. The molecule has 4 heteroatoms. The summed E-state index contributed by atoms with van der Waals surface area (Å²) in [5, 5.41) is 0.664. The summed E-state index contributed by atoms with van der Waals surface area (Å²) in [5.74, 6) is 0. The maximum atomic E-state index is 12.6. The van der Waals surface area contributed by atoms with Crippen LogP contribution in [0.3, 0.4) is 0 Å². The summed E-state index contributed by atoms with van der Waals surface area (Å²) < 4.78 is 1.70. The van der Waals surface area contributed by atoms with Crippen molar-refractivity contribution < 1.29 is 0 Å². The molecule has 4 nitrogen and oxygen atoms in total. The van der Waals surface area contributed by atoms with Gasteiger partial charge in [-0.2, -0.15) is 0 Å². The Balaban J connectivity index is 1.97. The molecule has 0 radical (unpaired) electrons. The molecule has 2 heterocycles. The number of fused-ring (bicyclic) bond motifs is 1. The Morgan fingerprint density at radius 2 is 2.00 bits per heavy atom. The van der Waals surface area contributed by atoms with E-state index in [0.29, 0.717) is 11.8 Å². The average Bonchev–Trinajstić information content (AvgIpc) is 2.47. The number of aryl methyl sites for hydroxylation is 2. The maximum Gasteiger partial charge on any atom is 0.261 e. The molecule has 1 unspecified atom stereocenters. The van der Waals surface area contributed by atoms with Crippen LogP contribution in [0.5, 0.6) is 0 Å². The van der Waals surface area contributed by atoms with Gasteiger partial charge in [-0.05, 0) is 50.6 Å². The van der Waals surface area contributed by atoms with Gasteiger partial charge in [-0.15, -0.1) is 0 Å². The summed E-state index contributed by atoms with van der Waals surface area (Å²) in [6.45, 7) is 5.99. The van der Waals surface area contributed by atoms with Gasteiger partial charge < -0.3 is 0 Å². The lowest BCUT2D eigenvalue weighted by atomic mass is 10.1. The number of hydrogen-bond donors (Lipinski definition) is 0. The highest BCUT2D eigenvalue weighted by Gasteiger charge is 2.11. The minimum absolute atomic E-state index is 0.00477. The predicted octanol–water partition coefficient (Wildman–Crippen LogP) is 3.21. The van der Waals surface area contributed by atoms with Gasteiger partial charge in [0.1, 0.15) is 0 Å². The molecule has 0 fully saturated rings. The molecule has 22 heavy (non-hydrogen) atoms. The van der Waals surface area contributed by atoms with E-state index in [1.807, 2.05) is 57.2 Å². The first-order valence-electron chi connectivity index (χ1n) is 7.44. The van der Waals surface area contributed by atoms with Gasteiger partial charge in [0.2, 0.25) is 0 Å².